The Morgan fingerprint density at radius 1 is 1.20 bits per heavy atom. The van der Waals surface area contributed by atoms with Gasteiger partial charge in [-0.2, -0.15) is 5.10 Å². The molecule has 1 amide bonds. The Labute approximate surface area is 187 Å². The minimum Gasteiger partial charge on any atom is -0.322 e. The number of hydrogen-bond donors (Lipinski definition) is 1. The maximum Gasteiger partial charge on any atom is 0.255 e. The van der Waals surface area contributed by atoms with E-state index in [-0.39, 0.29) is 5.91 Å². The number of aryl methyl sites for hydroxylation is 2. The molecule has 0 unspecified atom stereocenters. The van der Waals surface area contributed by atoms with Crippen LogP contribution in [0.25, 0.3) is 0 Å². The molecule has 6 nitrogen and oxygen atoms in total. The second-order valence-electron chi connectivity index (χ2n) is 6.69. The van der Waals surface area contributed by atoms with Gasteiger partial charge in [-0.25, -0.2) is 0 Å². The Morgan fingerprint density at radius 3 is 2.77 bits per heavy atom. The van der Waals surface area contributed by atoms with Crippen molar-refractivity contribution in [3.8, 4) is 0 Å². The van der Waals surface area contributed by atoms with Crippen LogP contribution in [0.15, 0.2) is 63.3 Å². The summed E-state index contributed by atoms with van der Waals surface area (Å²) in [6.45, 7) is 4.60. The van der Waals surface area contributed by atoms with E-state index in [1.54, 1.807) is 17.6 Å². The lowest BCUT2D eigenvalue weighted by atomic mass is 10.1. The number of rotatable bonds is 6. The summed E-state index contributed by atoms with van der Waals surface area (Å²) < 4.78 is 2.74. The van der Waals surface area contributed by atoms with Crippen molar-refractivity contribution in [2.75, 3.05) is 5.32 Å². The van der Waals surface area contributed by atoms with Gasteiger partial charge < -0.3 is 5.32 Å². The standard InChI is InChI=1S/C21H18ClN5OS2/c1-13-8-14(2)27(26-13)11-15-4-3-5-16(9-15)20(28)24-17-6-7-19(18(22)10-17)30-21-25-23-12-29-21/h3-10,12H,11H2,1-2H3,(H,24,28). The van der Waals surface area contributed by atoms with Gasteiger partial charge in [-0.15, -0.1) is 10.2 Å². The third-order valence-electron chi connectivity index (χ3n) is 4.35. The molecule has 0 spiro atoms. The molecule has 30 heavy (non-hydrogen) atoms. The Morgan fingerprint density at radius 2 is 2.07 bits per heavy atom. The monoisotopic (exact) mass is 455 g/mol. The van der Waals surface area contributed by atoms with Crippen LogP contribution in [0.3, 0.4) is 0 Å². The Kier molecular flexibility index (Phi) is 6.17. The van der Waals surface area contributed by atoms with Crippen LogP contribution in [-0.2, 0) is 6.54 Å². The summed E-state index contributed by atoms with van der Waals surface area (Å²) in [5.74, 6) is -0.189. The summed E-state index contributed by atoms with van der Waals surface area (Å²) in [6, 6.07) is 15.0. The number of hydrogen-bond acceptors (Lipinski definition) is 6. The Hall–Kier alpha value is -2.68. The van der Waals surface area contributed by atoms with Gasteiger partial charge in [0.1, 0.15) is 5.51 Å². The van der Waals surface area contributed by atoms with Gasteiger partial charge in [0.05, 0.1) is 17.3 Å². The van der Waals surface area contributed by atoms with Crippen LogP contribution in [0.1, 0.15) is 27.3 Å². The molecule has 2 aromatic carbocycles. The number of aromatic nitrogens is 4. The van der Waals surface area contributed by atoms with Crippen LogP contribution in [0.5, 0.6) is 0 Å². The lowest BCUT2D eigenvalue weighted by Gasteiger charge is -2.10. The summed E-state index contributed by atoms with van der Waals surface area (Å²) in [7, 11) is 0. The summed E-state index contributed by atoms with van der Waals surface area (Å²) in [4.78, 5) is 13.6. The van der Waals surface area contributed by atoms with E-state index in [1.807, 2.05) is 54.9 Å². The molecule has 2 aromatic heterocycles. The summed E-state index contributed by atoms with van der Waals surface area (Å²) in [6.07, 6.45) is 0. The number of carbonyl (C=O) groups excluding carboxylic acids is 1. The largest absolute Gasteiger partial charge is 0.322 e. The first-order chi connectivity index (χ1) is 14.5. The smallest absolute Gasteiger partial charge is 0.255 e. The molecule has 0 aliphatic rings. The highest BCUT2D eigenvalue weighted by Gasteiger charge is 2.11. The second kappa shape index (κ2) is 8.99. The zero-order valence-corrected chi connectivity index (χ0v) is 18.7. The molecule has 2 heterocycles. The number of carbonyl (C=O) groups is 1. The zero-order valence-electron chi connectivity index (χ0n) is 16.3. The Balaban J connectivity index is 1.46. The quantitative estimate of drug-likeness (QED) is 0.418. The van der Waals surface area contributed by atoms with Crippen molar-refractivity contribution >= 4 is 46.3 Å². The van der Waals surface area contributed by atoms with E-state index in [9.17, 15) is 4.79 Å². The van der Waals surface area contributed by atoms with Crippen LogP contribution < -0.4 is 5.32 Å². The van der Waals surface area contributed by atoms with Gasteiger partial charge in [0.15, 0.2) is 4.34 Å². The molecule has 0 saturated heterocycles. The minimum absolute atomic E-state index is 0.189. The molecule has 0 aliphatic heterocycles. The van der Waals surface area contributed by atoms with Crippen molar-refractivity contribution in [2.24, 2.45) is 0 Å². The molecule has 0 radical (unpaired) electrons. The molecule has 0 bridgehead atoms. The predicted molar refractivity (Wildman–Crippen MR) is 121 cm³/mol. The number of benzene rings is 2. The molecule has 4 rings (SSSR count). The summed E-state index contributed by atoms with van der Waals surface area (Å²) >= 11 is 9.27. The predicted octanol–water partition coefficient (Wildman–Crippen LogP) is 5.46. The highest BCUT2D eigenvalue weighted by atomic mass is 35.5. The first-order valence-electron chi connectivity index (χ1n) is 9.13. The van der Waals surface area contributed by atoms with E-state index >= 15 is 0 Å². The van der Waals surface area contributed by atoms with E-state index in [1.165, 1.54) is 23.1 Å². The normalized spacial score (nSPS) is 10.9. The molecule has 4 aromatic rings. The van der Waals surface area contributed by atoms with Crippen molar-refractivity contribution < 1.29 is 4.79 Å². The van der Waals surface area contributed by atoms with Gasteiger partial charge in [-0.1, -0.05) is 46.8 Å². The first kappa shape index (κ1) is 20.6. The molecule has 0 atom stereocenters. The number of nitrogens with one attached hydrogen (secondary N) is 1. The van der Waals surface area contributed by atoms with Gasteiger partial charge in [0.2, 0.25) is 0 Å². The van der Waals surface area contributed by atoms with E-state index in [0.29, 0.717) is 22.8 Å². The number of halogens is 1. The topological polar surface area (TPSA) is 72.7 Å². The highest BCUT2D eigenvalue weighted by molar-refractivity contribution is 8.01. The molecule has 9 heteroatoms. The molecule has 0 aliphatic carbocycles. The average molecular weight is 456 g/mol. The average Bonchev–Trinajstić information content (AvgIpc) is 3.33. The molecule has 0 saturated carbocycles. The van der Waals surface area contributed by atoms with Crippen molar-refractivity contribution in [1.82, 2.24) is 20.0 Å². The third-order valence-corrected chi connectivity index (χ3v) is 6.63. The third kappa shape index (κ3) is 4.89. The van der Waals surface area contributed by atoms with Gasteiger partial charge >= 0.3 is 0 Å². The van der Waals surface area contributed by atoms with Gasteiger partial charge in [-0.05, 0) is 55.8 Å². The van der Waals surface area contributed by atoms with Crippen LogP contribution in [-0.4, -0.2) is 25.9 Å². The van der Waals surface area contributed by atoms with Crippen molar-refractivity contribution in [2.45, 2.75) is 29.6 Å². The Bertz CT molecular complexity index is 1190. The summed E-state index contributed by atoms with van der Waals surface area (Å²) in [5, 5.41) is 15.8. The van der Waals surface area contributed by atoms with Crippen LogP contribution in [0, 0.1) is 13.8 Å². The maximum atomic E-state index is 12.7. The fraction of sp³-hybridized carbons (Fsp3) is 0.143. The molecule has 1 N–H and O–H groups in total. The maximum absolute atomic E-state index is 12.7. The van der Waals surface area contributed by atoms with Gasteiger partial charge in [0.25, 0.3) is 5.91 Å². The van der Waals surface area contributed by atoms with E-state index in [0.717, 1.165) is 26.2 Å². The number of amides is 1. The van der Waals surface area contributed by atoms with Gasteiger partial charge in [-0.3, -0.25) is 9.48 Å². The van der Waals surface area contributed by atoms with Crippen molar-refractivity contribution in [3.63, 3.8) is 0 Å². The van der Waals surface area contributed by atoms with E-state index in [4.69, 9.17) is 11.6 Å². The highest BCUT2D eigenvalue weighted by Crippen LogP contribution is 2.35. The van der Waals surface area contributed by atoms with E-state index in [2.05, 4.69) is 20.6 Å². The van der Waals surface area contributed by atoms with E-state index < -0.39 is 0 Å². The first-order valence-corrected chi connectivity index (χ1v) is 11.2. The van der Waals surface area contributed by atoms with Crippen molar-refractivity contribution in [1.29, 1.82) is 0 Å². The van der Waals surface area contributed by atoms with Crippen molar-refractivity contribution in [3.05, 3.63) is 81.6 Å². The molecular formula is C21H18ClN5OS2. The summed E-state index contributed by atoms with van der Waals surface area (Å²) in [5.41, 5.74) is 5.96. The van der Waals surface area contributed by atoms with Gasteiger partial charge in [0, 0.05) is 21.8 Å². The van der Waals surface area contributed by atoms with Crippen LogP contribution >= 0.6 is 34.7 Å². The fourth-order valence-electron chi connectivity index (χ4n) is 2.98. The fourth-order valence-corrected chi connectivity index (χ4v) is 4.72. The lowest BCUT2D eigenvalue weighted by Crippen LogP contribution is -2.13. The van der Waals surface area contributed by atoms with Crippen LogP contribution in [0.2, 0.25) is 5.02 Å². The van der Waals surface area contributed by atoms with Crippen LogP contribution in [0.4, 0.5) is 5.69 Å². The number of nitrogens with zero attached hydrogens (tertiary/aromatic N) is 4. The second-order valence-corrected chi connectivity index (χ2v) is 9.22. The molecule has 152 valence electrons. The number of anilines is 1. The SMILES string of the molecule is Cc1cc(C)n(Cc2cccc(C(=O)Nc3ccc(Sc4nncs4)c(Cl)c3)c2)n1. The minimum atomic E-state index is -0.189. The molecular weight excluding hydrogens is 438 g/mol. The zero-order chi connectivity index (χ0) is 21.1. The molecule has 0 fully saturated rings. The lowest BCUT2D eigenvalue weighted by molar-refractivity contribution is 0.102.